The number of aromatic amines is 1. The van der Waals surface area contributed by atoms with Crippen molar-refractivity contribution in [2.24, 2.45) is 0 Å². The van der Waals surface area contributed by atoms with E-state index < -0.39 is 0 Å². The van der Waals surface area contributed by atoms with Crippen molar-refractivity contribution in [1.82, 2.24) is 15.0 Å². The van der Waals surface area contributed by atoms with Crippen LogP contribution in [0.4, 0.5) is 0 Å². The number of aromatic nitrogens is 3. The van der Waals surface area contributed by atoms with Gasteiger partial charge in [-0.1, -0.05) is 0 Å². The molecule has 0 spiro atoms. The van der Waals surface area contributed by atoms with Gasteiger partial charge in [-0.15, -0.1) is 0 Å². The SMILES string of the molecule is Cc1nc(Br)c(Cc2ccncc2)[nH]1. The first-order chi connectivity index (χ1) is 6.75. The Balaban J connectivity index is 2.23. The summed E-state index contributed by atoms with van der Waals surface area (Å²) in [6.45, 7) is 1.95. The van der Waals surface area contributed by atoms with Gasteiger partial charge in [0, 0.05) is 18.8 Å². The van der Waals surface area contributed by atoms with Crippen LogP contribution >= 0.6 is 15.9 Å². The topological polar surface area (TPSA) is 41.6 Å². The Hall–Kier alpha value is -1.16. The number of rotatable bonds is 2. The van der Waals surface area contributed by atoms with Crippen molar-refractivity contribution in [1.29, 1.82) is 0 Å². The normalized spacial score (nSPS) is 10.4. The van der Waals surface area contributed by atoms with Crippen LogP contribution in [0.15, 0.2) is 29.1 Å². The van der Waals surface area contributed by atoms with Crippen molar-refractivity contribution in [2.75, 3.05) is 0 Å². The van der Waals surface area contributed by atoms with Gasteiger partial charge in [-0.3, -0.25) is 4.98 Å². The first-order valence-electron chi connectivity index (χ1n) is 4.35. The van der Waals surface area contributed by atoms with E-state index in [-0.39, 0.29) is 0 Å². The van der Waals surface area contributed by atoms with Gasteiger partial charge in [0.1, 0.15) is 10.4 Å². The summed E-state index contributed by atoms with van der Waals surface area (Å²) in [6, 6.07) is 4.01. The highest BCUT2D eigenvalue weighted by Gasteiger charge is 2.05. The molecule has 0 amide bonds. The van der Waals surface area contributed by atoms with Crippen LogP contribution in [0.5, 0.6) is 0 Å². The predicted molar refractivity (Wildman–Crippen MR) is 58.1 cm³/mol. The maximum atomic E-state index is 4.25. The number of aryl methyl sites for hydroxylation is 1. The van der Waals surface area contributed by atoms with Gasteiger partial charge in [0.25, 0.3) is 0 Å². The quantitative estimate of drug-likeness (QED) is 0.891. The highest BCUT2D eigenvalue weighted by atomic mass is 79.9. The van der Waals surface area contributed by atoms with Crippen LogP contribution in [0.25, 0.3) is 0 Å². The Bertz CT molecular complexity index is 422. The Labute approximate surface area is 90.7 Å². The first kappa shape index (κ1) is 9.40. The number of hydrogen-bond acceptors (Lipinski definition) is 2. The zero-order valence-corrected chi connectivity index (χ0v) is 9.37. The first-order valence-corrected chi connectivity index (χ1v) is 5.15. The monoisotopic (exact) mass is 251 g/mol. The van der Waals surface area contributed by atoms with E-state index in [1.807, 2.05) is 19.1 Å². The van der Waals surface area contributed by atoms with E-state index >= 15 is 0 Å². The van der Waals surface area contributed by atoms with Gasteiger partial charge in [0.05, 0.1) is 5.69 Å². The van der Waals surface area contributed by atoms with Crippen molar-refractivity contribution in [3.05, 3.63) is 46.2 Å². The van der Waals surface area contributed by atoms with Gasteiger partial charge < -0.3 is 4.98 Å². The van der Waals surface area contributed by atoms with E-state index in [2.05, 4.69) is 30.9 Å². The minimum absolute atomic E-state index is 0.851. The summed E-state index contributed by atoms with van der Waals surface area (Å²) in [5.41, 5.74) is 2.33. The maximum Gasteiger partial charge on any atom is 0.127 e. The minimum atomic E-state index is 0.851. The Kier molecular flexibility index (Phi) is 2.63. The fraction of sp³-hybridized carbons (Fsp3) is 0.200. The lowest BCUT2D eigenvalue weighted by atomic mass is 10.2. The third-order valence-electron chi connectivity index (χ3n) is 1.98. The van der Waals surface area contributed by atoms with E-state index in [0.717, 1.165) is 22.5 Å². The molecule has 2 aromatic heterocycles. The number of hydrogen-bond donors (Lipinski definition) is 1. The lowest BCUT2D eigenvalue weighted by Gasteiger charge is -1.97. The van der Waals surface area contributed by atoms with Crippen molar-refractivity contribution in [3.8, 4) is 0 Å². The summed E-state index contributed by atoms with van der Waals surface area (Å²) < 4.78 is 0.895. The summed E-state index contributed by atoms with van der Waals surface area (Å²) >= 11 is 3.42. The molecule has 0 aromatic carbocycles. The molecule has 0 bridgehead atoms. The Morgan fingerprint density at radius 1 is 1.36 bits per heavy atom. The molecule has 2 heterocycles. The number of nitrogens with zero attached hydrogens (tertiary/aromatic N) is 2. The molecular formula is C10H10BrN3. The average molecular weight is 252 g/mol. The van der Waals surface area contributed by atoms with Crippen molar-refractivity contribution in [3.63, 3.8) is 0 Å². The second-order valence-electron chi connectivity index (χ2n) is 3.12. The molecule has 4 heteroatoms. The van der Waals surface area contributed by atoms with Crippen LogP contribution < -0.4 is 0 Å². The Morgan fingerprint density at radius 2 is 2.07 bits per heavy atom. The molecule has 0 saturated carbocycles. The molecular weight excluding hydrogens is 242 g/mol. The van der Waals surface area contributed by atoms with Crippen molar-refractivity contribution >= 4 is 15.9 Å². The van der Waals surface area contributed by atoms with Gasteiger partial charge >= 0.3 is 0 Å². The maximum absolute atomic E-state index is 4.25. The van der Waals surface area contributed by atoms with E-state index in [9.17, 15) is 0 Å². The third kappa shape index (κ3) is 2.01. The van der Waals surface area contributed by atoms with E-state index in [1.165, 1.54) is 5.56 Å². The molecule has 72 valence electrons. The zero-order chi connectivity index (χ0) is 9.97. The molecule has 0 atom stereocenters. The smallest absolute Gasteiger partial charge is 0.127 e. The molecule has 2 aromatic rings. The standard InChI is InChI=1S/C10H10BrN3/c1-7-13-9(10(11)14-7)6-8-2-4-12-5-3-8/h2-5H,6H2,1H3,(H,13,14). The van der Waals surface area contributed by atoms with Crippen LogP contribution in [-0.2, 0) is 6.42 Å². The second kappa shape index (κ2) is 3.92. The summed E-state index contributed by atoms with van der Waals surface area (Å²) in [5, 5.41) is 0. The van der Waals surface area contributed by atoms with Crippen LogP contribution in [0.2, 0.25) is 0 Å². The molecule has 0 aliphatic carbocycles. The average Bonchev–Trinajstić information content (AvgIpc) is 2.47. The van der Waals surface area contributed by atoms with Crippen LogP contribution in [-0.4, -0.2) is 15.0 Å². The van der Waals surface area contributed by atoms with Gasteiger partial charge in [-0.05, 0) is 40.5 Å². The molecule has 3 nitrogen and oxygen atoms in total. The van der Waals surface area contributed by atoms with E-state index in [0.29, 0.717) is 0 Å². The van der Waals surface area contributed by atoms with E-state index in [4.69, 9.17) is 0 Å². The largest absolute Gasteiger partial charge is 0.345 e. The van der Waals surface area contributed by atoms with Gasteiger partial charge in [0.15, 0.2) is 0 Å². The fourth-order valence-corrected chi connectivity index (χ4v) is 1.84. The molecule has 0 unspecified atom stereocenters. The third-order valence-corrected chi connectivity index (χ3v) is 2.63. The molecule has 0 fully saturated rings. The van der Waals surface area contributed by atoms with Crippen molar-refractivity contribution in [2.45, 2.75) is 13.3 Å². The van der Waals surface area contributed by atoms with Crippen molar-refractivity contribution < 1.29 is 0 Å². The van der Waals surface area contributed by atoms with E-state index in [1.54, 1.807) is 12.4 Å². The summed E-state index contributed by atoms with van der Waals surface area (Å²) in [5.74, 6) is 0.931. The highest BCUT2D eigenvalue weighted by Crippen LogP contribution is 2.16. The summed E-state index contributed by atoms with van der Waals surface area (Å²) in [4.78, 5) is 11.4. The lowest BCUT2D eigenvalue weighted by Crippen LogP contribution is -1.89. The van der Waals surface area contributed by atoms with Gasteiger partial charge in [0.2, 0.25) is 0 Å². The number of pyridine rings is 1. The Morgan fingerprint density at radius 3 is 2.64 bits per heavy atom. The number of nitrogens with one attached hydrogen (secondary N) is 1. The lowest BCUT2D eigenvalue weighted by molar-refractivity contribution is 1.06. The van der Waals surface area contributed by atoms with Gasteiger partial charge in [-0.2, -0.15) is 0 Å². The van der Waals surface area contributed by atoms with Crippen LogP contribution in [0, 0.1) is 6.92 Å². The van der Waals surface area contributed by atoms with Crippen LogP contribution in [0.3, 0.4) is 0 Å². The minimum Gasteiger partial charge on any atom is -0.345 e. The zero-order valence-electron chi connectivity index (χ0n) is 7.79. The molecule has 1 N–H and O–H groups in total. The summed E-state index contributed by atoms with van der Waals surface area (Å²) in [7, 11) is 0. The number of imidazole rings is 1. The molecule has 0 radical (unpaired) electrons. The van der Waals surface area contributed by atoms with Crippen LogP contribution in [0.1, 0.15) is 17.1 Å². The predicted octanol–water partition coefficient (Wildman–Crippen LogP) is 2.47. The second-order valence-corrected chi connectivity index (χ2v) is 3.87. The van der Waals surface area contributed by atoms with Gasteiger partial charge in [-0.25, -0.2) is 4.98 Å². The fourth-order valence-electron chi connectivity index (χ4n) is 1.33. The molecule has 0 aliphatic rings. The molecule has 0 saturated heterocycles. The summed E-state index contributed by atoms with van der Waals surface area (Å²) in [6.07, 6.45) is 4.45. The number of H-pyrrole nitrogens is 1. The molecule has 14 heavy (non-hydrogen) atoms. The molecule has 2 rings (SSSR count). The highest BCUT2D eigenvalue weighted by molar-refractivity contribution is 9.10. The molecule has 0 aliphatic heterocycles. The number of halogens is 1.